The van der Waals surface area contributed by atoms with E-state index < -0.39 is 0 Å². The zero-order chi connectivity index (χ0) is 16.2. The smallest absolute Gasteiger partial charge is 0.191 e. The summed E-state index contributed by atoms with van der Waals surface area (Å²) in [5.74, 6) is 1.80. The van der Waals surface area contributed by atoms with Crippen molar-refractivity contribution in [1.29, 1.82) is 0 Å². The number of aliphatic imine (C=N–C) groups is 1. The summed E-state index contributed by atoms with van der Waals surface area (Å²) in [6.45, 7) is 9.83. The van der Waals surface area contributed by atoms with Gasteiger partial charge in [0.15, 0.2) is 5.96 Å². The molecule has 0 spiro atoms. The van der Waals surface area contributed by atoms with E-state index in [2.05, 4.69) is 48.5 Å². The van der Waals surface area contributed by atoms with Crippen molar-refractivity contribution in [1.82, 2.24) is 10.6 Å². The van der Waals surface area contributed by atoms with E-state index in [0.29, 0.717) is 13.2 Å². The molecule has 1 aromatic carbocycles. The van der Waals surface area contributed by atoms with E-state index in [1.165, 1.54) is 11.1 Å². The molecule has 0 aromatic heterocycles. The van der Waals surface area contributed by atoms with E-state index >= 15 is 0 Å². The van der Waals surface area contributed by atoms with Crippen molar-refractivity contribution >= 4 is 29.9 Å². The Bertz CT molecular complexity index is 447. The van der Waals surface area contributed by atoms with Gasteiger partial charge in [-0.05, 0) is 38.3 Å². The van der Waals surface area contributed by atoms with Gasteiger partial charge in [-0.25, -0.2) is 0 Å². The van der Waals surface area contributed by atoms with Crippen molar-refractivity contribution < 1.29 is 9.47 Å². The van der Waals surface area contributed by atoms with E-state index in [4.69, 9.17) is 9.47 Å². The summed E-state index contributed by atoms with van der Waals surface area (Å²) in [7, 11) is 1.71. The minimum absolute atomic E-state index is 0. The summed E-state index contributed by atoms with van der Waals surface area (Å²) >= 11 is 0. The molecule has 0 atom stereocenters. The molecular formula is C17H30IN3O2. The molecular weight excluding hydrogens is 405 g/mol. The standard InChI is InChI=1S/C17H29N3O2.HI/c1-5-18-17(19-10-7-12-21-4)20-11-13-22-16-14(2)8-6-9-15(16)3;/h6,8-9H,5,7,10-13H2,1-4H3,(H2,18,19,20);1H. The number of methoxy groups -OCH3 is 1. The van der Waals surface area contributed by atoms with E-state index in [1.54, 1.807) is 7.11 Å². The number of ether oxygens (including phenoxy) is 2. The number of halogens is 1. The van der Waals surface area contributed by atoms with Gasteiger partial charge < -0.3 is 20.1 Å². The number of guanidine groups is 1. The van der Waals surface area contributed by atoms with Crippen molar-refractivity contribution in [2.45, 2.75) is 27.2 Å². The van der Waals surface area contributed by atoms with Crippen LogP contribution >= 0.6 is 24.0 Å². The van der Waals surface area contributed by atoms with Gasteiger partial charge in [-0.2, -0.15) is 0 Å². The zero-order valence-electron chi connectivity index (χ0n) is 14.6. The van der Waals surface area contributed by atoms with Crippen molar-refractivity contribution in [3.05, 3.63) is 29.3 Å². The fourth-order valence-electron chi connectivity index (χ4n) is 2.09. The highest BCUT2D eigenvalue weighted by atomic mass is 127. The second-order valence-corrected chi connectivity index (χ2v) is 5.10. The van der Waals surface area contributed by atoms with Crippen LogP contribution in [0.4, 0.5) is 0 Å². The van der Waals surface area contributed by atoms with E-state index in [-0.39, 0.29) is 24.0 Å². The minimum Gasteiger partial charge on any atom is -0.491 e. The molecule has 0 bridgehead atoms. The molecule has 5 nitrogen and oxygen atoms in total. The zero-order valence-corrected chi connectivity index (χ0v) is 17.0. The summed E-state index contributed by atoms with van der Waals surface area (Å²) in [4.78, 5) is 4.49. The molecule has 0 fully saturated rings. The Morgan fingerprint density at radius 2 is 1.83 bits per heavy atom. The maximum Gasteiger partial charge on any atom is 0.191 e. The van der Waals surface area contributed by atoms with Crippen molar-refractivity contribution in [3.8, 4) is 5.75 Å². The SMILES string of the molecule is CCNC(=NCCCOC)NCCOc1c(C)cccc1C.I. The third-order valence-electron chi connectivity index (χ3n) is 3.17. The summed E-state index contributed by atoms with van der Waals surface area (Å²) in [6, 6.07) is 6.18. The summed E-state index contributed by atoms with van der Waals surface area (Å²) in [6.07, 6.45) is 0.923. The van der Waals surface area contributed by atoms with Crippen LogP contribution in [-0.2, 0) is 4.74 Å². The van der Waals surface area contributed by atoms with Crippen molar-refractivity contribution in [2.24, 2.45) is 4.99 Å². The first kappa shape index (κ1) is 22.0. The number of aryl methyl sites for hydroxylation is 2. The number of para-hydroxylation sites is 1. The molecule has 2 N–H and O–H groups in total. The van der Waals surface area contributed by atoms with E-state index in [0.717, 1.165) is 37.8 Å². The molecule has 0 aliphatic rings. The van der Waals surface area contributed by atoms with Crippen LogP contribution in [0.3, 0.4) is 0 Å². The fraction of sp³-hybridized carbons (Fsp3) is 0.588. The normalized spacial score (nSPS) is 10.9. The third-order valence-corrected chi connectivity index (χ3v) is 3.17. The first-order valence-corrected chi connectivity index (χ1v) is 7.89. The molecule has 0 amide bonds. The second-order valence-electron chi connectivity index (χ2n) is 5.10. The van der Waals surface area contributed by atoms with Crippen LogP contribution in [0.25, 0.3) is 0 Å². The molecule has 0 aliphatic carbocycles. The average molecular weight is 435 g/mol. The van der Waals surface area contributed by atoms with Crippen LogP contribution in [0, 0.1) is 13.8 Å². The van der Waals surface area contributed by atoms with Crippen molar-refractivity contribution in [2.75, 3.05) is 40.0 Å². The number of benzene rings is 1. The van der Waals surface area contributed by atoms with Gasteiger partial charge in [0.1, 0.15) is 12.4 Å². The van der Waals surface area contributed by atoms with Gasteiger partial charge in [0, 0.05) is 26.8 Å². The molecule has 23 heavy (non-hydrogen) atoms. The first-order valence-electron chi connectivity index (χ1n) is 7.89. The maximum absolute atomic E-state index is 5.87. The third kappa shape index (κ3) is 9.00. The highest BCUT2D eigenvalue weighted by molar-refractivity contribution is 14.0. The molecule has 0 saturated heterocycles. The average Bonchev–Trinajstić information content (AvgIpc) is 2.50. The lowest BCUT2D eigenvalue weighted by Crippen LogP contribution is -2.39. The largest absolute Gasteiger partial charge is 0.491 e. The van der Waals surface area contributed by atoms with Crippen molar-refractivity contribution in [3.63, 3.8) is 0 Å². The number of nitrogens with zero attached hydrogens (tertiary/aromatic N) is 1. The minimum atomic E-state index is 0. The van der Waals surface area contributed by atoms with Gasteiger partial charge in [0.25, 0.3) is 0 Å². The summed E-state index contributed by atoms with van der Waals surface area (Å²) in [5, 5.41) is 6.50. The van der Waals surface area contributed by atoms with E-state index in [1.807, 2.05) is 6.07 Å². The van der Waals surface area contributed by atoms with Crippen LogP contribution in [0.5, 0.6) is 5.75 Å². The van der Waals surface area contributed by atoms with Gasteiger partial charge in [0.2, 0.25) is 0 Å². The first-order chi connectivity index (χ1) is 10.7. The van der Waals surface area contributed by atoms with Crippen LogP contribution in [0.1, 0.15) is 24.5 Å². The lowest BCUT2D eigenvalue weighted by Gasteiger charge is -2.14. The fourth-order valence-corrected chi connectivity index (χ4v) is 2.09. The van der Waals surface area contributed by atoms with Crippen LogP contribution in [-0.4, -0.2) is 45.9 Å². The van der Waals surface area contributed by atoms with Gasteiger partial charge in [-0.1, -0.05) is 18.2 Å². The molecule has 0 aliphatic heterocycles. The summed E-state index contributed by atoms with van der Waals surface area (Å²) < 4.78 is 10.9. The van der Waals surface area contributed by atoms with Gasteiger partial charge in [-0.15, -0.1) is 24.0 Å². The predicted octanol–water partition coefficient (Wildman–Crippen LogP) is 2.89. The Kier molecular flexibility index (Phi) is 12.8. The Hall–Kier alpha value is -1.02. The Morgan fingerprint density at radius 3 is 2.43 bits per heavy atom. The van der Waals surface area contributed by atoms with Gasteiger partial charge in [0.05, 0.1) is 6.54 Å². The van der Waals surface area contributed by atoms with Gasteiger partial charge >= 0.3 is 0 Å². The predicted molar refractivity (Wildman–Crippen MR) is 107 cm³/mol. The summed E-state index contributed by atoms with van der Waals surface area (Å²) in [5.41, 5.74) is 2.33. The molecule has 0 saturated carbocycles. The molecule has 132 valence electrons. The second kappa shape index (κ2) is 13.4. The van der Waals surface area contributed by atoms with E-state index in [9.17, 15) is 0 Å². The Balaban J connectivity index is 0.00000484. The topological polar surface area (TPSA) is 54.9 Å². The maximum atomic E-state index is 5.87. The molecule has 1 rings (SSSR count). The monoisotopic (exact) mass is 435 g/mol. The molecule has 0 radical (unpaired) electrons. The Morgan fingerprint density at radius 1 is 1.13 bits per heavy atom. The highest BCUT2D eigenvalue weighted by Gasteiger charge is 2.03. The highest BCUT2D eigenvalue weighted by Crippen LogP contribution is 2.21. The van der Waals surface area contributed by atoms with Crippen LogP contribution in [0.2, 0.25) is 0 Å². The quantitative estimate of drug-likeness (QED) is 0.271. The number of rotatable bonds is 9. The number of nitrogens with one attached hydrogen (secondary N) is 2. The lowest BCUT2D eigenvalue weighted by molar-refractivity contribution is 0.197. The Labute approximate surface area is 157 Å². The van der Waals surface area contributed by atoms with Gasteiger partial charge in [-0.3, -0.25) is 4.99 Å². The molecule has 6 heteroatoms. The molecule has 0 heterocycles. The lowest BCUT2D eigenvalue weighted by atomic mass is 10.1. The van der Waals surface area contributed by atoms with Crippen LogP contribution < -0.4 is 15.4 Å². The molecule has 0 unspecified atom stereocenters. The van der Waals surface area contributed by atoms with Crippen LogP contribution in [0.15, 0.2) is 23.2 Å². The number of hydrogen-bond acceptors (Lipinski definition) is 3. The molecule has 1 aromatic rings. The number of hydrogen-bond donors (Lipinski definition) is 2.